The zero-order valence-electron chi connectivity index (χ0n) is 14.5. The van der Waals surface area contributed by atoms with Crippen molar-refractivity contribution in [2.45, 2.75) is 26.7 Å². The minimum Gasteiger partial charge on any atom is -0.494 e. The van der Waals surface area contributed by atoms with Crippen LogP contribution in [0.5, 0.6) is 5.75 Å². The fourth-order valence-electron chi connectivity index (χ4n) is 2.49. The molecule has 2 aromatic rings. The van der Waals surface area contributed by atoms with Crippen LogP contribution in [0, 0.1) is 12.8 Å². The van der Waals surface area contributed by atoms with Gasteiger partial charge in [0.15, 0.2) is 0 Å². The Labute approximate surface area is 147 Å². The van der Waals surface area contributed by atoms with E-state index in [9.17, 15) is 14.7 Å². The number of rotatable bonds is 8. The molecule has 0 aliphatic heterocycles. The number of anilines is 1. The summed E-state index contributed by atoms with van der Waals surface area (Å²) in [4.78, 5) is 23.7. The van der Waals surface area contributed by atoms with Crippen molar-refractivity contribution >= 4 is 17.6 Å². The van der Waals surface area contributed by atoms with Crippen molar-refractivity contribution in [2.75, 3.05) is 11.9 Å². The second kappa shape index (κ2) is 8.87. The summed E-state index contributed by atoms with van der Waals surface area (Å²) in [6, 6.07) is 14.7. The Balaban J connectivity index is 1.95. The topological polar surface area (TPSA) is 75.6 Å². The molecule has 1 atom stereocenters. The first-order valence-corrected chi connectivity index (χ1v) is 8.29. The number of nitrogens with one attached hydrogen (secondary N) is 1. The van der Waals surface area contributed by atoms with Crippen molar-refractivity contribution in [3.05, 3.63) is 59.7 Å². The molecule has 5 nitrogen and oxygen atoms in total. The maximum Gasteiger partial charge on any atom is 0.307 e. The molecule has 0 radical (unpaired) electrons. The largest absolute Gasteiger partial charge is 0.494 e. The van der Waals surface area contributed by atoms with Gasteiger partial charge in [-0.1, -0.05) is 29.8 Å². The van der Waals surface area contributed by atoms with E-state index in [0.29, 0.717) is 18.7 Å². The number of carbonyl (C=O) groups excluding carboxylic acids is 1. The molecular weight excluding hydrogens is 318 g/mol. The number of benzene rings is 2. The molecule has 0 fully saturated rings. The molecule has 25 heavy (non-hydrogen) atoms. The van der Waals surface area contributed by atoms with Gasteiger partial charge in [0, 0.05) is 12.1 Å². The van der Waals surface area contributed by atoms with E-state index in [1.807, 2.05) is 38.1 Å². The molecule has 132 valence electrons. The van der Waals surface area contributed by atoms with E-state index in [4.69, 9.17) is 4.74 Å². The standard InChI is InChI=1S/C20H23NO4/c1-3-25-18-10-8-17(9-11-18)21-19(22)13-16(20(23)24)12-15-6-4-14(2)5-7-15/h4-11,16H,3,12-13H2,1-2H3,(H,21,22)(H,23,24)/t16-/m1/s1. The minimum absolute atomic E-state index is 0.0730. The Morgan fingerprint density at radius 3 is 2.28 bits per heavy atom. The molecule has 0 aromatic heterocycles. The molecule has 0 spiro atoms. The van der Waals surface area contributed by atoms with Crippen molar-refractivity contribution in [2.24, 2.45) is 5.92 Å². The molecule has 0 aliphatic rings. The van der Waals surface area contributed by atoms with E-state index in [1.165, 1.54) is 0 Å². The van der Waals surface area contributed by atoms with Crippen molar-refractivity contribution in [1.82, 2.24) is 0 Å². The van der Waals surface area contributed by atoms with Crippen LogP contribution in [0.4, 0.5) is 5.69 Å². The van der Waals surface area contributed by atoms with E-state index in [0.717, 1.165) is 16.9 Å². The average molecular weight is 341 g/mol. The molecule has 0 saturated carbocycles. The van der Waals surface area contributed by atoms with Gasteiger partial charge in [-0.25, -0.2) is 0 Å². The zero-order valence-corrected chi connectivity index (χ0v) is 14.5. The lowest BCUT2D eigenvalue weighted by atomic mass is 9.95. The van der Waals surface area contributed by atoms with Gasteiger partial charge in [-0.15, -0.1) is 0 Å². The minimum atomic E-state index is -0.970. The summed E-state index contributed by atoms with van der Waals surface area (Å²) >= 11 is 0. The monoisotopic (exact) mass is 341 g/mol. The molecule has 1 amide bonds. The van der Waals surface area contributed by atoms with Crippen LogP contribution >= 0.6 is 0 Å². The Kier molecular flexibility index (Phi) is 6.57. The number of hydrogen-bond acceptors (Lipinski definition) is 3. The molecule has 0 bridgehead atoms. The normalized spacial score (nSPS) is 11.6. The summed E-state index contributed by atoms with van der Waals surface area (Å²) in [6.45, 7) is 4.45. The lowest BCUT2D eigenvalue weighted by Gasteiger charge is -2.13. The number of hydrogen-bond donors (Lipinski definition) is 2. The fraction of sp³-hybridized carbons (Fsp3) is 0.300. The molecular formula is C20H23NO4. The van der Waals surface area contributed by atoms with Gasteiger partial charge in [-0.2, -0.15) is 0 Å². The van der Waals surface area contributed by atoms with Gasteiger partial charge in [0.05, 0.1) is 12.5 Å². The number of carbonyl (C=O) groups is 2. The van der Waals surface area contributed by atoms with Gasteiger partial charge in [-0.3, -0.25) is 9.59 Å². The lowest BCUT2D eigenvalue weighted by Crippen LogP contribution is -2.24. The smallest absolute Gasteiger partial charge is 0.307 e. The SMILES string of the molecule is CCOc1ccc(NC(=O)C[C@@H](Cc2ccc(C)cc2)C(=O)O)cc1. The highest BCUT2D eigenvalue weighted by molar-refractivity contribution is 5.93. The summed E-state index contributed by atoms with van der Waals surface area (Å²) in [6.07, 6.45) is 0.253. The van der Waals surface area contributed by atoms with Gasteiger partial charge in [-0.05, 0) is 50.1 Å². The number of ether oxygens (including phenoxy) is 1. The van der Waals surface area contributed by atoms with E-state index in [2.05, 4.69) is 5.32 Å². The predicted molar refractivity (Wildman–Crippen MR) is 96.9 cm³/mol. The Hall–Kier alpha value is -2.82. The molecule has 2 rings (SSSR count). The zero-order chi connectivity index (χ0) is 18.2. The first kappa shape index (κ1) is 18.5. The van der Waals surface area contributed by atoms with Crippen LogP contribution in [0.3, 0.4) is 0 Å². The van der Waals surface area contributed by atoms with E-state index < -0.39 is 11.9 Å². The van der Waals surface area contributed by atoms with Crippen LogP contribution in [-0.4, -0.2) is 23.6 Å². The van der Waals surface area contributed by atoms with E-state index in [1.54, 1.807) is 24.3 Å². The van der Waals surface area contributed by atoms with Crippen LogP contribution in [0.25, 0.3) is 0 Å². The van der Waals surface area contributed by atoms with Crippen LogP contribution in [0.15, 0.2) is 48.5 Å². The molecule has 0 aliphatic carbocycles. The lowest BCUT2D eigenvalue weighted by molar-refractivity contribution is -0.143. The summed E-state index contributed by atoms with van der Waals surface area (Å²) in [5, 5.41) is 12.1. The highest BCUT2D eigenvalue weighted by Crippen LogP contribution is 2.18. The number of carboxylic acids is 1. The molecule has 2 N–H and O–H groups in total. The Morgan fingerprint density at radius 1 is 1.08 bits per heavy atom. The molecule has 0 unspecified atom stereocenters. The van der Waals surface area contributed by atoms with Gasteiger partial charge in [0.2, 0.25) is 5.91 Å². The maximum absolute atomic E-state index is 12.2. The third-order valence-electron chi connectivity index (χ3n) is 3.83. The van der Waals surface area contributed by atoms with Crippen LogP contribution in [-0.2, 0) is 16.0 Å². The van der Waals surface area contributed by atoms with Gasteiger partial charge in [0.25, 0.3) is 0 Å². The highest BCUT2D eigenvalue weighted by atomic mass is 16.5. The van der Waals surface area contributed by atoms with E-state index in [-0.39, 0.29) is 12.3 Å². The van der Waals surface area contributed by atoms with Gasteiger partial charge >= 0.3 is 5.97 Å². The number of aliphatic carboxylic acids is 1. The highest BCUT2D eigenvalue weighted by Gasteiger charge is 2.21. The van der Waals surface area contributed by atoms with Crippen LogP contribution in [0.1, 0.15) is 24.5 Å². The van der Waals surface area contributed by atoms with Crippen LogP contribution < -0.4 is 10.1 Å². The molecule has 0 heterocycles. The van der Waals surface area contributed by atoms with E-state index >= 15 is 0 Å². The van der Waals surface area contributed by atoms with Crippen molar-refractivity contribution < 1.29 is 19.4 Å². The summed E-state index contributed by atoms with van der Waals surface area (Å²) in [7, 11) is 0. The van der Waals surface area contributed by atoms with Gasteiger partial charge in [0.1, 0.15) is 5.75 Å². The molecule has 2 aromatic carbocycles. The Bertz CT molecular complexity index is 707. The number of carboxylic acid groups (broad SMARTS) is 1. The van der Waals surface area contributed by atoms with Gasteiger partial charge < -0.3 is 15.2 Å². The third-order valence-corrected chi connectivity index (χ3v) is 3.83. The first-order valence-electron chi connectivity index (χ1n) is 8.29. The van der Waals surface area contributed by atoms with Crippen LogP contribution in [0.2, 0.25) is 0 Å². The van der Waals surface area contributed by atoms with Crippen molar-refractivity contribution in [3.63, 3.8) is 0 Å². The second-order valence-corrected chi connectivity index (χ2v) is 5.93. The quantitative estimate of drug-likeness (QED) is 0.768. The fourth-order valence-corrected chi connectivity index (χ4v) is 2.49. The Morgan fingerprint density at radius 2 is 1.72 bits per heavy atom. The number of amides is 1. The number of aryl methyl sites for hydroxylation is 1. The first-order chi connectivity index (χ1) is 12.0. The second-order valence-electron chi connectivity index (χ2n) is 5.93. The van der Waals surface area contributed by atoms with Crippen molar-refractivity contribution in [3.8, 4) is 5.75 Å². The third kappa shape index (κ3) is 5.95. The summed E-state index contributed by atoms with van der Waals surface area (Å²) in [5.74, 6) is -1.32. The predicted octanol–water partition coefficient (Wildman–Crippen LogP) is 3.67. The molecule has 0 saturated heterocycles. The summed E-state index contributed by atoms with van der Waals surface area (Å²) < 4.78 is 5.35. The average Bonchev–Trinajstić information content (AvgIpc) is 2.58. The maximum atomic E-state index is 12.2. The van der Waals surface area contributed by atoms with Crippen molar-refractivity contribution in [1.29, 1.82) is 0 Å². The summed E-state index contributed by atoms with van der Waals surface area (Å²) in [5.41, 5.74) is 2.64. The molecule has 5 heteroatoms.